The molecule has 1 saturated heterocycles. The molecule has 0 radical (unpaired) electrons. The Morgan fingerprint density at radius 1 is 1.24 bits per heavy atom. The number of carboxylic acids is 1. The second-order valence-corrected chi connectivity index (χ2v) is 9.46. The van der Waals surface area contributed by atoms with Crippen molar-refractivity contribution in [1.29, 1.82) is 0 Å². The Hall–Kier alpha value is -2.55. The summed E-state index contributed by atoms with van der Waals surface area (Å²) in [6, 6.07) is 0.309. The Morgan fingerprint density at radius 2 is 1.97 bits per heavy atom. The fourth-order valence-electron chi connectivity index (χ4n) is 4.59. The predicted octanol–water partition coefficient (Wildman–Crippen LogP) is 2.27. The number of esters is 2. The molecule has 13 heteroatoms. The lowest BCUT2D eigenvalue weighted by molar-refractivity contribution is -0.155. The number of halogens is 1. The number of nitrogens with one attached hydrogen (secondary N) is 1. The van der Waals surface area contributed by atoms with Gasteiger partial charge in [0.05, 0.1) is 12.7 Å². The van der Waals surface area contributed by atoms with Gasteiger partial charge in [0.15, 0.2) is 33.1 Å². The maximum Gasteiger partial charge on any atom is 0.303 e. The SMILES string of the molecule is CC(=O)OCC1OC(n2cnc3c(NC4CCCC4)nc(I)nc32)C(OC(C)=O)C1CC(=O)O. The van der Waals surface area contributed by atoms with Gasteiger partial charge in [0.1, 0.15) is 12.7 Å². The first kappa shape index (κ1) is 24.6. The first-order chi connectivity index (χ1) is 16.2. The molecule has 3 heterocycles. The summed E-state index contributed by atoms with van der Waals surface area (Å²) in [5, 5.41) is 12.9. The van der Waals surface area contributed by atoms with Crippen LogP contribution in [0.2, 0.25) is 0 Å². The van der Waals surface area contributed by atoms with Crippen LogP contribution >= 0.6 is 22.6 Å². The molecular weight excluding hydrogens is 561 g/mol. The summed E-state index contributed by atoms with van der Waals surface area (Å²) < 4.78 is 18.9. The largest absolute Gasteiger partial charge is 0.481 e. The summed E-state index contributed by atoms with van der Waals surface area (Å²) >= 11 is 2.02. The Balaban J connectivity index is 1.71. The third-order valence-corrected chi connectivity index (χ3v) is 6.50. The molecule has 34 heavy (non-hydrogen) atoms. The topological polar surface area (TPSA) is 155 Å². The molecule has 4 rings (SSSR count). The average molecular weight is 587 g/mol. The van der Waals surface area contributed by atoms with E-state index in [9.17, 15) is 19.5 Å². The number of imidazole rings is 1. The number of hydrogen-bond acceptors (Lipinski definition) is 10. The molecule has 0 aromatic carbocycles. The quantitative estimate of drug-likeness (QED) is 0.266. The molecule has 1 aliphatic heterocycles. The van der Waals surface area contributed by atoms with Gasteiger partial charge in [-0.3, -0.25) is 19.0 Å². The van der Waals surface area contributed by atoms with Crippen molar-refractivity contribution >= 4 is 57.5 Å². The van der Waals surface area contributed by atoms with Crippen LogP contribution in [0.1, 0.15) is 52.2 Å². The summed E-state index contributed by atoms with van der Waals surface area (Å²) in [7, 11) is 0. The molecule has 2 aliphatic rings. The van der Waals surface area contributed by atoms with Crippen LogP contribution in [-0.4, -0.2) is 67.4 Å². The Morgan fingerprint density at radius 3 is 2.62 bits per heavy atom. The molecule has 4 atom stereocenters. The van der Waals surface area contributed by atoms with E-state index in [-0.39, 0.29) is 13.0 Å². The maximum atomic E-state index is 11.9. The van der Waals surface area contributed by atoms with Gasteiger partial charge in [-0.15, -0.1) is 0 Å². The molecule has 2 N–H and O–H groups in total. The molecule has 1 saturated carbocycles. The van der Waals surface area contributed by atoms with Gasteiger partial charge in [-0.25, -0.2) is 15.0 Å². The number of hydrogen-bond donors (Lipinski definition) is 2. The van der Waals surface area contributed by atoms with E-state index in [0.29, 0.717) is 26.9 Å². The minimum Gasteiger partial charge on any atom is -0.481 e. The third-order valence-electron chi connectivity index (χ3n) is 6.02. The highest BCUT2D eigenvalue weighted by atomic mass is 127. The maximum absolute atomic E-state index is 11.9. The number of nitrogens with zero attached hydrogens (tertiary/aromatic N) is 4. The smallest absolute Gasteiger partial charge is 0.303 e. The number of aromatic nitrogens is 4. The summed E-state index contributed by atoms with van der Waals surface area (Å²) in [5.41, 5.74) is 1.000. The molecule has 0 spiro atoms. The van der Waals surface area contributed by atoms with Crippen molar-refractivity contribution in [2.45, 2.75) is 70.4 Å². The van der Waals surface area contributed by atoms with Crippen molar-refractivity contribution in [1.82, 2.24) is 19.5 Å². The first-order valence-corrected chi connectivity index (χ1v) is 12.1. The van der Waals surface area contributed by atoms with E-state index < -0.39 is 42.3 Å². The second kappa shape index (κ2) is 10.4. The number of carboxylic acid groups (broad SMARTS) is 1. The van der Waals surface area contributed by atoms with Gasteiger partial charge in [0, 0.05) is 48.4 Å². The van der Waals surface area contributed by atoms with Crippen LogP contribution in [-0.2, 0) is 28.6 Å². The van der Waals surface area contributed by atoms with Crippen LogP contribution in [0, 0.1) is 9.75 Å². The molecule has 184 valence electrons. The fourth-order valence-corrected chi connectivity index (χ4v) is 5.06. The summed E-state index contributed by atoms with van der Waals surface area (Å²) in [6.45, 7) is 2.33. The Bertz CT molecular complexity index is 1090. The van der Waals surface area contributed by atoms with Gasteiger partial charge >= 0.3 is 17.9 Å². The van der Waals surface area contributed by atoms with Crippen LogP contribution in [0.3, 0.4) is 0 Å². The number of anilines is 1. The Kier molecular flexibility index (Phi) is 7.50. The van der Waals surface area contributed by atoms with E-state index in [1.54, 1.807) is 4.57 Å². The predicted molar refractivity (Wildman–Crippen MR) is 126 cm³/mol. The molecule has 2 fully saturated rings. The zero-order chi connectivity index (χ0) is 24.4. The minimum absolute atomic E-state index is 0.171. The van der Waals surface area contributed by atoms with Gasteiger partial charge in [-0.2, -0.15) is 0 Å². The van der Waals surface area contributed by atoms with Crippen molar-refractivity contribution in [3.05, 3.63) is 10.2 Å². The molecule has 12 nitrogen and oxygen atoms in total. The number of fused-ring (bicyclic) bond motifs is 1. The van der Waals surface area contributed by atoms with Crippen LogP contribution in [0.25, 0.3) is 11.2 Å². The first-order valence-electron chi connectivity index (χ1n) is 11.1. The molecule has 2 aromatic heterocycles. The average Bonchev–Trinajstić information content (AvgIpc) is 3.46. The summed E-state index contributed by atoms with van der Waals surface area (Å²) in [4.78, 5) is 48.4. The lowest BCUT2D eigenvalue weighted by atomic mass is 9.94. The summed E-state index contributed by atoms with van der Waals surface area (Å²) in [5.74, 6) is -2.34. The highest BCUT2D eigenvalue weighted by Crippen LogP contribution is 2.40. The fraction of sp³-hybridized carbons (Fsp3) is 0.619. The number of aliphatic carboxylic acids is 1. The number of rotatable bonds is 8. The van der Waals surface area contributed by atoms with Gasteiger partial charge in [0.2, 0.25) is 0 Å². The highest BCUT2D eigenvalue weighted by Gasteiger charge is 2.49. The molecule has 2 aromatic rings. The minimum atomic E-state index is -1.09. The Labute approximate surface area is 208 Å². The number of carbonyl (C=O) groups is 3. The molecular formula is C21H26IN5O7. The second-order valence-electron chi connectivity index (χ2n) is 8.49. The lowest BCUT2D eigenvalue weighted by Gasteiger charge is -2.23. The van der Waals surface area contributed by atoms with Crippen molar-refractivity contribution in [3.8, 4) is 0 Å². The molecule has 0 amide bonds. The van der Waals surface area contributed by atoms with E-state index in [4.69, 9.17) is 14.2 Å². The standard InChI is InChI=1S/C21H26IN5O7/c1-10(28)32-8-14-13(7-15(30)31)17(33-11(2)29)20(34-14)27-9-23-16-18(24-12-5-3-4-6-12)25-21(22)26-19(16)27/h9,12-14,17,20H,3-8H2,1-2H3,(H,30,31)(H,24,25,26). The van der Waals surface area contributed by atoms with E-state index in [1.807, 2.05) is 22.6 Å². The van der Waals surface area contributed by atoms with Crippen molar-refractivity contribution in [2.24, 2.45) is 5.92 Å². The monoisotopic (exact) mass is 587 g/mol. The van der Waals surface area contributed by atoms with Crippen LogP contribution in [0.5, 0.6) is 0 Å². The van der Waals surface area contributed by atoms with Gasteiger partial charge in [-0.1, -0.05) is 12.8 Å². The van der Waals surface area contributed by atoms with Crippen LogP contribution in [0.4, 0.5) is 5.82 Å². The summed E-state index contributed by atoms with van der Waals surface area (Å²) in [6.07, 6.45) is 2.93. The van der Waals surface area contributed by atoms with Crippen molar-refractivity contribution in [2.75, 3.05) is 11.9 Å². The zero-order valence-corrected chi connectivity index (χ0v) is 20.9. The van der Waals surface area contributed by atoms with Gasteiger partial charge < -0.3 is 24.6 Å². The molecule has 1 aliphatic carbocycles. The zero-order valence-electron chi connectivity index (χ0n) is 18.8. The van der Waals surface area contributed by atoms with E-state index in [1.165, 1.54) is 20.2 Å². The normalized spacial score (nSPS) is 24.9. The third kappa shape index (κ3) is 5.40. The van der Waals surface area contributed by atoms with Crippen molar-refractivity contribution in [3.63, 3.8) is 0 Å². The van der Waals surface area contributed by atoms with E-state index in [0.717, 1.165) is 25.7 Å². The van der Waals surface area contributed by atoms with E-state index >= 15 is 0 Å². The highest BCUT2D eigenvalue weighted by molar-refractivity contribution is 14.1. The molecule has 0 bridgehead atoms. The number of ether oxygens (including phenoxy) is 3. The van der Waals surface area contributed by atoms with Crippen LogP contribution in [0.15, 0.2) is 6.33 Å². The van der Waals surface area contributed by atoms with E-state index in [2.05, 4.69) is 20.3 Å². The lowest BCUT2D eigenvalue weighted by Crippen LogP contribution is -2.34. The van der Waals surface area contributed by atoms with Gasteiger partial charge in [-0.05, 0) is 12.8 Å². The van der Waals surface area contributed by atoms with Crippen molar-refractivity contribution < 1.29 is 33.7 Å². The van der Waals surface area contributed by atoms with Gasteiger partial charge in [0.25, 0.3) is 0 Å². The number of carbonyl (C=O) groups excluding carboxylic acids is 2. The molecule has 4 unspecified atom stereocenters. The van der Waals surface area contributed by atoms with Crippen LogP contribution < -0.4 is 5.32 Å².